The van der Waals surface area contributed by atoms with Crippen molar-refractivity contribution in [2.24, 2.45) is 10.7 Å². The lowest BCUT2D eigenvalue weighted by molar-refractivity contribution is -0.0512. The maximum absolute atomic E-state index is 12.4. The molecule has 1 heterocycles. The Hall–Kier alpha value is -2.05. The molecular weight excluding hydrogens is 304 g/mol. The lowest BCUT2D eigenvalue weighted by Crippen LogP contribution is -2.41. The molecule has 0 amide bonds. The van der Waals surface area contributed by atoms with Crippen molar-refractivity contribution in [3.05, 3.63) is 23.8 Å². The Morgan fingerprint density at radius 3 is 2.65 bits per heavy atom. The van der Waals surface area contributed by atoms with Crippen molar-refractivity contribution in [3.8, 4) is 11.5 Å². The molecule has 1 fully saturated rings. The van der Waals surface area contributed by atoms with E-state index in [1.165, 1.54) is 13.5 Å². The van der Waals surface area contributed by atoms with E-state index in [1.807, 2.05) is 6.07 Å². The number of rotatable bonds is 6. The van der Waals surface area contributed by atoms with Crippen molar-refractivity contribution in [1.29, 1.82) is 0 Å². The molecule has 0 spiro atoms. The van der Waals surface area contributed by atoms with Crippen LogP contribution in [-0.4, -0.2) is 44.2 Å². The summed E-state index contributed by atoms with van der Waals surface area (Å²) in [6, 6.07) is 4.98. The zero-order valence-electron chi connectivity index (χ0n) is 13.3. The average molecular weight is 327 g/mol. The number of likely N-dealkylation sites (tertiary alicyclic amines) is 1. The van der Waals surface area contributed by atoms with Crippen molar-refractivity contribution in [3.63, 3.8) is 0 Å². The minimum atomic E-state index is -2.88. The van der Waals surface area contributed by atoms with Gasteiger partial charge in [0.15, 0.2) is 17.5 Å². The molecule has 0 radical (unpaired) electrons. The molecule has 1 aliphatic heterocycles. The highest BCUT2D eigenvalue weighted by molar-refractivity contribution is 5.78. The topological polar surface area (TPSA) is 60.1 Å². The fourth-order valence-electron chi connectivity index (χ4n) is 2.59. The molecule has 5 nitrogen and oxygen atoms in total. The van der Waals surface area contributed by atoms with Gasteiger partial charge >= 0.3 is 6.61 Å². The van der Waals surface area contributed by atoms with E-state index in [0.717, 1.165) is 31.5 Å². The van der Waals surface area contributed by atoms with E-state index >= 15 is 0 Å². The first-order valence-electron chi connectivity index (χ1n) is 7.76. The van der Waals surface area contributed by atoms with Crippen molar-refractivity contribution in [2.45, 2.75) is 32.3 Å². The Bertz CT molecular complexity index is 532. The highest BCUT2D eigenvalue weighted by atomic mass is 19.3. The van der Waals surface area contributed by atoms with Crippen molar-refractivity contribution in [1.82, 2.24) is 4.90 Å². The molecule has 1 aliphatic rings. The van der Waals surface area contributed by atoms with Crippen LogP contribution < -0.4 is 15.2 Å². The molecule has 0 bridgehead atoms. The van der Waals surface area contributed by atoms with Crippen molar-refractivity contribution < 1.29 is 18.3 Å². The standard InChI is InChI=1S/C16H23F2N3O2/c1-22-13-6-5-12(11-14(13)23-15(17)18)7-8-20-16(19)21-9-3-2-4-10-21/h5-6,11,15H,2-4,7-10H2,1H3,(H2,19,20). The van der Waals surface area contributed by atoms with Gasteiger partial charge in [-0.25, -0.2) is 0 Å². The van der Waals surface area contributed by atoms with E-state index in [0.29, 0.717) is 18.9 Å². The van der Waals surface area contributed by atoms with E-state index in [-0.39, 0.29) is 11.5 Å². The molecule has 0 aromatic heterocycles. The Kier molecular flexibility index (Phi) is 6.43. The predicted octanol–water partition coefficient (Wildman–Crippen LogP) is 2.64. The van der Waals surface area contributed by atoms with E-state index in [1.54, 1.807) is 12.1 Å². The summed E-state index contributed by atoms with van der Waals surface area (Å²) in [6.45, 7) is -0.482. The van der Waals surface area contributed by atoms with Gasteiger partial charge in [-0.3, -0.25) is 4.99 Å². The predicted molar refractivity (Wildman–Crippen MR) is 85.2 cm³/mol. The van der Waals surface area contributed by atoms with E-state index in [4.69, 9.17) is 10.5 Å². The maximum Gasteiger partial charge on any atom is 0.387 e. The quantitative estimate of drug-likeness (QED) is 0.644. The normalized spacial score (nSPS) is 15.8. The summed E-state index contributed by atoms with van der Waals surface area (Å²) in [5.74, 6) is 0.876. The Balaban J connectivity index is 1.94. The summed E-state index contributed by atoms with van der Waals surface area (Å²) >= 11 is 0. The molecule has 128 valence electrons. The maximum atomic E-state index is 12.4. The van der Waals surface area contributed by atoms with Gasteiger partial charge < -0.3 is 20.1 Å². The average Bonchev–Trinajstić information content (AvgIpc) is 2.55. The summed E-state index contributed by atoms with van der Waals surface area (Å²) in [7, 11) is 1.41. The van der Waals surface area contributed by atoms with Gasteiger partial charge in [0.1, 0.15) is 0 Å². The monoisotopic (exact) mass is 327 g/mol. The highest BCUT2D eigenvalue weighted by Crippen LogP contribution is 2.29. The number of aliphatic imine (C=N–C) groups is 1. The number of methoxy groups -OCH3 is 1. The van der Waals surface area contributed by atoms with Crippen LogP contribution in [0.1, 0.15) is 24.8 Å². The molecule has 23 heavy (non-hydrogen) atoms. The minimum Gasteiger partial charge on any atom is -0.493 e. The number of halogens is 2. The van der Waals surface area contributed by atoms with Crippen LogP contribution in [0.5, 0.6) is 11.5 Å². The molecule has 0 aliphatic carbocycles. The third kappa shape index (κ3) is 5.26. The van der Waals surface area contributed by atoms with Gasteiger partial charge in [0.25, 0.3) is 0 Å². The second kappa shape index (κ2) is 8.55. The fourth-order valence-corrected chi connectivity index (χ4v) is 2.59. The number of hydrogen-bond donors (Lipinski definition) is 1. The first kappa shape index (κ1) is 17.3. The largest absolute Gasteiger partial charge is 0.493 e. The van der Waals surface area contributed by atoms with Gasteiger partial charge in [-0.15, -0.1) is 0 Å². The molecule has 7 heteroatoms. The third-order valence-corrected chi connectivity index (χ3v) is 3.80. The Morgan fingerprint density at radius 2 is 2.00 bits per heavy atom. The molecule has 0 saturated carbocycles. The number of piperidine rings is 1. The van der Waals surface area contributed by atoms with Crippen LogP contribution in [0.3, 0.4) is 0 Å². The Morgan fingerprint density at radius 1 is 1.26 bits per heavy atom. The van der Waals surface area contributed by atoms with Crippen LogP contribution in [0.15, 0.2) is 23.2 Å². The lowest BCUT2D eigenvalue weighted by atomic mass is 10.1. The van der Waals surface area contributed by atoms with Crippen molar-refractivity contribution >= 4 is 5.96 Å². The fraction of sp³-hybridized carbons (Fsp3) is 0.562. The van der Waals surface area contributed by atoms with E-state index < -0.39 is 6.61 Å². The van der Waals surface area contributed by atoms with Gasteiger partial charge in [-0.1, -0.05) is 6.07 Å². The van der Waals surface area contributed by atoms with Crippen LogP contribution in [0.2, 0.25) is 0 Å². The number of guanidine groups is 1. The van der Waals surface area contributed by atoms with Gasteiger partial charge in [0.05, 0.1) is 7.11 Å². The van der Waals surface area contributed by atoms with Gasteiger partial charge in [-0.05, 0) is 43.4 Å². The number of alkyl halides is 2. The zero-order valence-corrected chi connectivity index (χ0v) is 13.3. The molecule has 2 N–H and O–H groups in total. The summed E-state index contributed by atoms with van der Waals surface area (Å²) in [5, 5.41) is 0. The first-order valence-corrected chi connectivity index (χ1v) is 7.76. The van der Waals surface area contributed by atoms with Crippen LogP contribution in [-0.2, 0) is 6.42 Å². The van der Waals surface area contributed by atoms with E-state index in [9.17, 15) is 8.78 Å². The number of nitrogens with two attached hydrogens (primary N) is 1. The summed E-state index contributed by atoms with van der Waals surface area (Å²) in [4.78, 5) is 6.46. The van der Waals surface area contributed by atoms with Crippen LogP contribution >= 0.6 is 0 Å². The van der Waals surface area contributed by atoms with Gasteiger partial charge in [0.2, 0.25) is 0 Å². The minimum absolute atomic E-state index is 0.0352. The first-order chi connectivity index (χ1) is 11.1. The second-order valence-electron chi connectivity index (χ2n) is 5.40. The number of hydrogen-bond acceptors (Lipinski definition) is 3. The molecule has 1 aromatic rings. The molecule has 0 unspecified atom stereocenters. The summed E-state index contributed by atoms with van der Waals surface area (Å²) in [5.41, 5.74) is 6.83. The Labute approximate surface area is 135 Å². The highest BCUT2D eigenvalue weighted by Gasteiger charge is 2.13. The molecule has 0 atom stereocenters. The van der Waals surface area contributed by atoms with Gasteiger partial charge in [-0.2, -0.15) is 8.78 Å². The molecule has 1 saturated heterocycles. The van der Waals surface area contributed by atoms with Crippen molar-refractivity contribution in [2.75, 3.05) is 26.7 Å². The number of ether oxygens (including phenoxy) is 2. The zero-order chi connectivity index (χ0) is 16.7. The smallest absolute Gasteiger partial charge is 0.387 e. The summed E-state index contributed by atoms with van der Waals surface area (Å²) < 4.78 is 34.3. The summed E-state index contributed by atoms with van der Waals surface area (Å²) in [6.07, 6.45) is 4.12. The third-order valence-electron chi connectivity index (χ3n) is 3.80. The van der Waals surface area contributed by atoms with Crippen LogP contribution in [0.25, 0.3) is 0 Å². The second-order valence-corrected chi connectivity index (χ2v) is 5.40. The number of nitrogens with zero attached hydrogens (tertiary/aromatic N) is 2. The molecular formula is C16H23F2N3O2. The molecule has 1 aromatic carbocycles. The van der Waals surface area contributed by atoms with E-state index in [2.05, 4.69) is 14.6 Å². The van der Waals surface area contributed by atoms with Crippen LogP contribution in [0.4, 0.5) is 8.78 Å². The molecule has 2 rings (SSSR count). The lowest BCUT2D eigenvalue weighted by Gasteiger charge is -2.27. The number of benzene rings is 1. The van der Waals surface area contributed by atoms with Gasteiger partial charge in [0, 0.05) is 19.6 Å². The SMILES string of the molecule is COc1ccc(CCN=C(N)N2CCCCC2)cc1OC(F)F. The van der Waals surface area contributed by atoms with Crippen LogP contribution in [0, 0.1) is 0 Å².